The van der Waals surface area contributed by atoms with Gasteiger partial charge in [-0.2, -0.15) is 0 Å². The predicted molar refractivity (Wildman–Crippen MR) is 93.5 cm³/mol. The van der Waals surface area contributed by atoms with Gasteiger partial charge in [0, 0.05) is 18.1 Å². The van der Waals surface area contributed by atoms with Crippen LogP contribution in [-0.4, -0.2) is 34.5 Å². The van der Waals surface area contributed by atoms with E-state index >= 15 is 0 Å². The first-order valence-electron chi connectivity index (χ1n) is 7.91. The first-order valence-corrected chi connectivity index (χ1v) is 7.91. The second-order valence-corrected chi connectivity index (χ2v) is 5.43. The van der Waals surface area contributed by atoms with Gasteiger partial charge in [-0.3, -0.25) is 14.6 Å². The highest BCUT2D eigenvalue weighted by Gasteiger charge is 2.23. The van der Waals surface area contributed by atoms with Crippen molar-refractivity contribution in [2.45, 2.75) is 19.4 Å². The van der Waals surface area contributed by atoms with Crippen LogP contribution in [0.5, 0.6) is 0 Å². The van der Waals surface area contributed by atoms with Crippen molar-refractivity contribution in [1.82, 2.24) is 10.3 Å². The number of benzene rings is 1. The monoisotopic (exact) mass is 357 g/mol. The first-order chi connectivity index (χ1) is 12.4. The van der Waals surface area contributed by atoms with E-state index in [1.807, 2.05) is 0 Å². The van der Waals surface area contributed by atoms with Crippen LogP contribution in [0.15, 0.2) is 42.7 Å². The Hall–Kier alpha value is -3.42. The standard InChI is InChI=1S/C18H19N3O5/c1-2-26-16(22)9-15(11-3-5-12(19)6-4-11)21-17(23)14-10-20-8-7-13(14)18(24)25/h3-8,10,15H,2,9,19H2,1H3,(H,21,23)(H,24,25). The van der Waals surface area contributed by atoms with E-state index in [9.17, 15) is 19.5 Å². The third kappa shape index (κ3) is 4.79. The molecule has 0 aliphatic heterocycles. The Kier molecular flexibility index (Phi) is 6.26. The number of nitrogen functional groups attached to an aromatic ring is 1. The van der Waals surface area contributed by atoms with E-state index in [0.717, 1.165) is 0 Å². The van der Waals surface area contributed by atoms with Crippen LogP contribution in [0, 0.1) is 0 Å². The van der Waals surface area contributed by atoms with Crippen molar-refractivity contribution >= 4 is 23.5 Å². The summed E-state index contributed by atoms with van der Waals surface area (Å²) in [6, 6.07) is 7.19. The number of aromatic nitrogens is 1. The molecule has 8 heteroatoms. The number of carbonyl (C=O) groups is 3. The van der Waals surface area contributed by atoms with E-state index in [4.69, 9.17) is 10.5 Å². The molecule has 1 heterocycles. The Labute approximate surface area is 150 Å². The normalized spacial score (nSPS) is 11.4. The third-order valence-electron chi connectivity index (χ3n) is 3.62. The number of carbonyl (C=O) groups excluding carboxylic acids is 2. The molecule has 1 amide bonds. The topological polar surface area (TPSA) is 132 Å². The lowest BCUT2D eigenvalue weighted by Gasteiger charge is -2.19. The van der Waals surface area contributed by atoms with Gasteiger partial charge in [0.1, 0.15) is 0 Å². The molecule has 26 heavy (non-hydrogen) atoms. The largest absolute Gasteiger partial charge is 0.478 e. The molecule has 2 rings (SSSR count). The first kappa shape index (κ1) is 18.9. The van der Waals surface area contributed by atoms with Crippen LogP contribution >= 0.6 is 0 Å². The van der Waals surface area contributed by atoms with Crippen LogP contribution in [0.1, 0.15) is 45.7 Å². The van der Waals surface area contributed by atoms with E-state index in [0.29, 0.717) is 11.3 Å². The zero-order valence-electron chi connectivity index (χ0n) is 14.1. The van der Waals surface area contributed by atoms with E-state index in [-0.39, 0.29) is 24.2 Å². The van der Waals surface area contributed by atoms with Crippen LogP contribution in [0.4, 0.5) is 5.69 Å². The second kappa shape index (κ2) is 8.61. The van der Waals surface area contributed by atoms with E-state index < -0.39 is 23.9 Å². The summed E-state index contributed by atoms with van der Waals surface area (Å²) in [5.41, 5.74) is 6.58. The molecule has 136 valence electrons. The van der Waals surface area contributed by atoms with Crippen LogP contribution in [0.25, 0.3) is 0 Å². The summed E-state index contributed by atoms with van der Waals surface area (Å²) in [5, 5.41) is 11.9. The number of aromatic carboxylic acids is 1. The summed E-state index contributed by atoms with van der Waals surface area (Å²) in [4.78, 5) is 39.5. The molecule has 2 aromatic rings. The van der Waals surface area contributed by atoms with Crippen LogP contribution in [0.3, 0.4) is 0 Å². The number of carboxylic acids is 1. The second-order valence-electron chi connectivity index (χ2n) is 5.43. The Bertz CT molecular complexity index is 805. The molecule has 0 saturated carbocycles. The highest BCUT2D eigenvalue weighted by Crippen LogP contribution is 2.20. The number of nitrogens with zero attached hydrogens (tertiary/aromatic N) is 1. The minimum absolute atomic E-state index is 0.0932. The molecule has 0 fully saturated rings. The minimum atomic E-state index is -1.24. The van der Waals surface area contributed by atoms with Crippen LogP contribution < -0.4 is 11.1 Å². The van der Waals surface area contributed by atoms with Crippen LogP contribution in [-0.2, 0) is 9.53 Å². The molecule has 1 aromatic carbocycles. The summed E-state index contributed by atoms with van der Waals surface area (Å²) in [7, 11) is 0. The lowest BCUT2D eigenvalue weighted by Crippen LogP contribution is -2.31. The summed E-state index contributed by atoms with van der Waals surface area (Å²) in [5.74, 6) is -2.38. The maximum Gasteiger partial charge on any atom is 0.336 e. The van der Waals surface area contributed by atoms with Gasteiger partial charge in [0.05, 0.1) is 30.2 Å². The fourth-order valence-corrected chi connectivity index (χ4v) is 2.37. The number of esters is 1. The fraction of sp³-hybridized carbons (Fsp3) is 0.222. The SMILES string of the molecule is CCOC(=O)CC(NC(=O)c1cnccc1C(=O)O)c1ccc(N)cc1. The zero-order chi connectivity index (χ0) is 19.1. The number of amides is 1. The molecule has 4 N–H and O–H groups in total. The van der Waals surface area contributed by atoms with Gasteiger partial charge in [-0.25, -0.2) is 4.79 Å². The van der Waals surface area contributed by atoms with Crippen molar-refractivity contribution < 1.29 is 24.2 Å². The molecule has 8 nitrogen and oxygen atoms in total. The van der Waals surface area contributed by atoms with Crippen molar-refractivity contribution in [2.75, 3.05) is 12.3 Å². The number of carboxylic acid groups (broad SMARTS) is 1. The Morgan fingerprint density at radius 3 is 2.50 bits per heavy atom. The molecular formula is C18H19N3O5. The number of nitrogens with two attached hydrogens (primary N) is 1. The van der Waals surface area contributed by atoms with Crippen LogP contribution in [0.2, 0.25) is 0 Å². The van der Waals surface area contributed by atoms with Gasteiger partial charge in [-0.15, -0.1) is 0 Å². The summed E-state index contributed by atoms with van der Waals surface area (Å²) < 4.78 is 4.95. The predicted octanol–water partition coefficient (Wildman–Crippen LogP) is 1.79. The molecular weight excluding hydrogens is 338 g/mol. The molecule has 0 bridgehead atoms. The average Bonchev–Trinajstić information content (AvgIpc) is 2.62. The fourth-order valence-electron chi connectivity index (χ4n) is 2.37. The molecule has 0 aliphatic rings. The quantitative estimate of drug-likeness (QED) is 0.508. The number of hydrogen-bond acceptors (Lipinski definition) is 6. The molecule has 1 aromatic heterocycles. The van der Waals surface area contributed by atoms with E-state index in [2.05, 4.69) is 10.3 Å². The number of ether oxygens (including phenoxy) is 1. The van der Waals surface area contributed by atoms with Gasteiger partial charge in [-0.1, -0.05) is 12.1 Å². The van der Waals surface area contributed by atoms with Gasteiger partial charge < -0.3 is 20.9 Å². The maximum absolute atomic E-state index is 12.6. The van der Waals surface area contributed by atoms with Crippen molar-refractivity contribution in [3.05, 3.63) is 59.4 Å². The lowest BCUT2D eigenvalue weighted by molar-refractivity contribution is -0.143. The van der Waals surface area contributed by atoms with E-state index in [1.165, 1.54) is 18.5 Å². The third-order valence-corrected chi connectivity index (χ3v) is 3.62. The van der Waals surface area contributed by atoms with Gasteiger partial charge >= 0.3 is 11.9 Å². The van der Waals surface area contributed by atoms with Crippen molar-refractivity contribution in [2.24, 2.45) is 0 Å². The van der Waals surface area contributed by atoms with Gasteiger partial charge in [0.25, 0.3) is 5.91 Å². The maximum atomic E-state index is 12.6. The Morgan fingerprint density at radius 2 is 1.88 bits per heavy atom. The molecule has 0 spiro atoms. The smallest absolute Gasteiger partial charge is 0.336 e. The summed E-state index contributed by atoms with van der Waals surface area (Å²) >= 11 is 0. The number of nitrogens with one attached hydrogen (secondary N) is 1. The van der Waals surface area contributed by atoms with Crippen molar-refractivity contribution in [3.63, 3.8) is 0 Å². The lowest BCUT2D eigenvalue weighted by atomic mass is 10.0. The van der Waals surface area contributed by atoms with Crippen molar-refractivity contribution in [1.29, 1.82) is 0 Å². The highest BCUT2D eigenvalue weighted by atomic mass is 16.5. The highest BCUT2D eigenvalue weighted by molar-refractivity contribution is 6.04. The molecule has 0 aliphatic carbocycles. The molecule has 0 radical (unpaired) electrons. The van der Waals surface area contributed by atoms with Gasteiger partial charge in [0.15, 0.2) is 0 Å². The van der Waals surface area contributed by atoms with Crippen molar-refractivity contribution in [3.8, 4) is 0 Å². The minimum Gasteiger partial charge on any atom is -0.478 e. The molecule has 1 atom stereocenters. The zero-order valence-corrected chi connectivity index (χ0v) is 14.1. The van der Waals surface area contributed by atoms with E-state index in [1.54, 1.807) is 31.2 Å². The summed E-state index contributed by atoms with van der Waals surface area (Å²) in [6.07, 6.45) is 2.35. The number of hydrogen-bond donors (Lipinski definition) is 3. The molecule has 0 saturated heterocycles. The molecule has 1 unspecified atom stereocenters. The number of anilines is 1. The number of pyridine rings is 1. The summed E-state index contributed by atoms with van der Waals surface area (Å²) in [6.45, 7) is 1.90. The average molecular weight is 357 g/mol. The van der Waals surface area contributed by atoms with Gasteiger partial charge in [-0.05, 0) is 30.7 Å². The Morgan fingerprint density at radius 1 is 1.19 bits per heavy atom. The Balaban J connectivity index is 2.28. The van der Waals surface area contributed by atoms with Gasteiger partial charge in [0.2, 0.25) is 0 Å². The number of rotatable bonds is 7.